The van der Waals surface area contributed by atoms with Crippen LogP contribution in [0.4, 0.5) is 28.4 Å². The Balaban J connectivity index is 1.96. The second kappa shape index (κ2) is 8.33. The highest BCUT2D eigenvalue weighted by molar-refractivity contribution is 9.10. The number of fused-ring (bicyclic) bond motifs is 1. The second-order valence-electron chi connectivity index (χ2n) is 9.51. The summed E-state index contributed by atoms with van der Waals surface area (Å²) in [6.45, 7) is 10.2. The second-order valence-corrected chi connectivity index (χ2v) is 10.3. The fraction of sp³-hybridized carbons (Fsp3) is 0.600. The molecule has 0 spiro atoms. The van der Waals surface area contributed by atoms with Gasteiger partial charge in [0, 0.05) is 0 Å². The van der Waals surface area contributed by atoms with E-state index < -0.39 is 41.4 Å². The van der Waals surface area contributed by atoms with Gasteiger partial charge in [0.15, 0.2) is 4.60 Å². The highest BCUT2D eigenvalue weighted by Gasteiger charge is 2.39. The first-order valence-corrected chi connectivity index (χ1v) is 10.8. The summed E-state index contributed by atoms with van der Waals surface area (Å²) < 4.78 is 57.0. The molecule has 0 atom stereocenters. The fourth-order valence-corrected chi connectivity index (χ4v) is 3.44. The van der Waals surface area contributed by atoms with Crippen LogP contribution in [0.1, 0.15) is 47.2 Å². The molecule has 0 N–H and O–H groups in total. The van der Waals surface area contributed by atoms with Gasteiger partial charge in [0.25, 0.3) is 0 Å². The molecular weight excluding hydrogens is 513 g/mol. The fourth-order valence-electron chi connectivity index (χ4n) is 3.01. The zero-order valence-electron chi connectivity index (χ0n) is 18.9. The van der Waals surface area contributed by atoms with E-state index in [0.717, 1.165) is 10.7 Å². The van der Waals surface area contributed by atoms with Gasteiger partial charge in [-0.1, -0.05) is 0 Å². The van der Waals surface area contributed by atoms with Gasteiger partial charge in [-0.3, -0.25) is 0 Å². The first kappa shape index (κ1) is 25.1. The van der Waals surface area contributed by atoms with Gasteiger partial charge in [0.2, 0.25) is 0 Å². The number of halogens is 4. The predicted molar refractivity (Wildman–Crippen MR) is 115 cm³/mol. The standard InChI is InChI=1S/C20H24BrF3N4O5/c1-18(2,3)32-16(29)28-14-11(7-12(20(22,23)24)25-13(14)15(21)26-28)27-8-10(9-27)31-17(30)33-19(4,5)6/h7,10H,8-9H2,1-6H3. The van der Waals surface area contributed by atoms with Gasteiger partial charge in [0.1, 0.15) is 34.0 Å². The Morgan fingerprint density at radius 2 is 1.64 bits per heavy atom. The number of nitrogens with zero attached hydrogens (tertiary/aromatic N) is 4. The van der Waals surface area contributed by atoms with Crippen LogP contribution in [0.2, 0.25) is 0 Å². The number of anilines is 1. The molecule has 0 aliphatic carbocycles. The number of hydrogen-bond donors (Lipinski definition) is 0. The molecule has 0 bridgehead atoms. The van der Waals surface area contributed by atoms with Crippen LogP contribution >= 0.6 is 15.9 Å². The molecule has 1 aliphatic rings. The Hall–Kier alpha value is -2.57. The average molecular weight is 537 g/mol. The summed E-state index contributed by atoms with van der Waals surface area (Å²) in [5, 5.41) is 4.00. The van der Waals surface area contributed by atoms with Gasteiger partial charge in [-0.25, -0.2) is 14.6 Å². The number of hydrogen-bond acceptors (Lipinski definition) is 8. The quantitative estimate of drug-likeness (QED) is 0.487. The summed E-state index contributed by atoms with van der Waals surface area (Å²) in [6, 6.07) is 0.834. The van der Waals surface area contributed by atoms with Crippen molar-refractivity contribution >= 4 is 44.9 Å². The molecule has 0 radical (unpaired) electrons. The summed E-state index contributed by atoms with van der Waals surface area (Å²) in [4.78, 5) is 29.8. The molecule has 9 nitrogen and oxygen atoms in total. The number of carbonyl (C=O) groups is 2. The average Bonchev–Trinajstić information content (AvgIpc) is 2.91. The minimum atomic E-state index is -4.73. The zero-order chi connectivity index (χ0) is 24.9. The molecule has 2 aromatic heterocycles. The molecule has 0 aromatic carbocycles. The third-order valence-electron chi connectivity index (χ3n) is 4.27. The molecule has 0 amide bonds. The number of ether oxygens (including phenoxy) is 3. The van der Waals surface area contributed by atoms with E-state index in [1.165, 1.54) is 4.90 Å². The molecular formula is C20H24BrF3N4O5. The molecule has 0 unspecified atom stereocenters. The van der Waals surface area contributed by atoms with Crippen LogP contribution in [0.25, 0.3) is 11.0 Å². The van der Waals surface area contributed by atoms with Crippen molar-refractivity contribution in [2.45, 2.75) is 65.0 Å². The van der Waals surface area contributed by atoms with Crippen LogP contribution in [0.15, 0.2) is 10.7 Å². The van der Waals surface area contributed by atoms with E-state index in [2.05, 4.69) is 26.0 Å². The van der Waals surface area contributed by atoms with E-state index >= 15 is 0 Å². The Morgan fingerprint density at radius 1 is 1.06 bits per heavy atom. The summed E-state index contributed by atoms with van der Waals surface area (Å²) >= 11 is 3.09. The van der Waals surface area contributed by atoms with E-state index in [9.17, 15) is 22.8 Å². The minimum Gasteiger partial charge on any atom is -0.442 e. The topological polar surface area (TPSA) is 95.8 Å². The molecule has 1 fully saturated rings. The lowest BCUT2D eigenvalue weighted by Crippen LogP contribution is -2.53. The van der Waals surface area contributed by atoms with Crippen molar-refractivity contribution in [3.05, 3.63) is 16.4 Å². The maximum absolute atomic E-state index is 13.5. The van der Waals surface area contributed by atoms with Gasteiger partial charge in [0.05, 0.1) is 18.8 Å². The lowest BCUT2D eigenvalue weighted by atomic mass is 10.1. The summed E-state index contributed by atoms with van der Waals surface area (Å²) in [6.07, 6.45) is -7.07. The minimum absolute atomic E-state index is 0.0415. The van der Waals surface area contributed by atoms with E-state index in [1.807, 2.05) is 0 Å². The van der Waals surface area contributed by atoms with Crippen molar-refractivity contribution in [3.63, 3.8) is 0 Å². The lowest BCUT2D eigenvalue weighted by molar-refractivity contribution is -0.140. The van der Waals surface area contributed by atoms with Crippen LogP contribution in [-0.2, 0) is 20.4 Å². The van der Waals surface area contributed by atoms with Crippen molar-refractivity contribution in [3.8, 4) is 0 Å². The van der Waals surface area contributed by atoms with E-state index in [1.54, 1.807) is 41.5 Å². The number of rotatable bonds is 2. The third kappa shape index (κ3) is 5.87. The smallest absolute Gasteiger partial charge is 0.442 e. The largest absolute Gasteiger partial charge is 0.509 e. The Labute approximate surface area is 196 Å². The van der Waals surface area contributed by atoms with Gasteiger partial charge in [-0.2, -0.15) is 23.0 Å². The van der Waals surface area contributed by atoms with Crippen molar-refractivity contribution in [1.29, 1.82) is 0 Å². The van der Waals surface area contributed by atoms with Gasteiger partial charge in [-0.05, 0) is 63.5 Å². The molecule has 3 heterocycles. The molecule has 3 rings (SSSR count). The molecule has 1 saturated heterocycles. The van der Waals surface area contributed by atoms with Crippen LogP contribution in [0, 0.1) is 0 Å². The van der Waals surface area contributed by atoms with Crippen LogP contribution < -0.4 is 4.90 Å². The summed E-state index contributed by atoms with van der Waals surface area (Å²) in [7, 11) is 0. The van der Waals surface area contributed by atoms with Gasteiger partial charge in [-0.15, -0.1) is 0 Å². The van der Waals surface area contributed by atoms with E-state index in [0.29, 0.717) is 0 Å². The monoisotopic (exact) mass is 536 g/mol. The summed E-state index contributed by atoms with van der Waals surface area (Å²) in [5.74, 6) is 0. The van der Waals surface area contributed by atoms with Crippen molar-refractivity contribution in [2.75, 3.05) is 18.0 Å². The Morgan fingerprint density at radius 3 is 2.15 bits per heavy atom. The Bertz CT molecular complexity index is 1080. The van der Waals surface area contributed by atoms with Crippen molar-refractivity contribution in [1.82, 2.24) is 14.8 Å². The lowest BCUT2D eigenvalue weighted by Gasteiger charge is -2.40. The first-order chi connectivity index (χ1) is 14.9. The zero-order valence-corrected chi connectivity index (χ0v) is 20.5. The molecule has 1 aliphatic heterocycles. The molecule has 13 heteroatoms. The highest BCUT2D eigenvalue weighted by Crippen LogP contribution is 2.38. The Kier molecular flexibility index (Phi) is 6.33. The van der Waals surface area contributed by atoms with Crippen molar-refractivity contribution < 1.29 is 37.0 Å². The molecule has 2 aromatic rings. The number of alkyl halides is 3. The van der Waals surface area contributed by atoms with E-state index in [-0.39, 0.29) is 34.4 Å². The summed E-state index contributed by atoms with van der Waals surface area (Å²) in [5.41, 5.74) is -2.80. The van der Waals surface area contributed by atoms with Crippen LogP contribution in [0.3, 0.4) is 0 Å². The van der Waals surface area contributed by atoms with E-state index in [4.69, 9.17) is 14.2 Å². The predicted octanol–water partition coefficient (Wildman–Crippen LogP) is 5.14. The first-order valence-electron chi connectivity index (χ1n) is 9.99. The van der Waals surface area contributed by atoms with Crippen molar-refractivity contribution in [2.24, 2.45) is 0 Å². The number of carbonyl (C=O) groups excluding carboxylic acids is 2. The highest BCUT2D eigenvalue weighted by atomic mass is 79.9. The number of aromatic nitrogens is 3. The number of pyridine rings is 1. The third-order valence-corrected chi connectivity index (χ3v) is 4.80. The van der Waals surface area contributed by atoms with Crippen LogP contribution in [0.5, 0.6) is 0 Å². The molecule has 182 valence electrons. The van der Waals surface area contributed by atoms with Gasteiger partial charge < -0.3 is 19.1 Å². The van der Waals surface area contributed by atoms with Gasteiger partial charge >= 0.3 is 18.4 Å². The maximum atomic E-state index is 13.5. The maximum Gasteiger partial charge on any atom is 0.509 e. The molecule has 0 saturated carbocycles. The normalized spacial score (nSPS) is 15.4. The SMILES string of the molecule is CC(C)(C)OC(=O)OC1CN(c2cc(C(F)(F)F)nc3c(Br)nn(C(=O)OC(C)(C)C)c23)C1. The molecule has 33 heavy (non-hydrogen) atoms. The van der Waals surface area contributed by atoms with Crippen LogP contribution in [-0.4, -0.2) is 57.4 Å².